The minimum Gasteiger partial charge on any atom is -0.481 e. The molecule has 0 aromatic carbocycles. The molecular formula is C34H66O4. The zero-order valence-corrected chi connectivity index (χ0v) is 25.8. The van der Waals surface area contributed by atoms with Crippen molar-refractivity contribution in [3.8, 4) is 0 Å². The van der Waals surface area contributed by atoms with Gasteiger partial charge in [-0.3, -0.25) is 9.59 Å². The quantitative estimate of drug-likeness (QED) is 0.0704. The van der Waals surface area contributed by atoms with Crippen LogP contribution >= 0.6 is 0 Å². The Morgan fingerprint density at radius 3 is 1.16 bits per heavy atom. The van der Waals surface area contributed by atoms with Gasteiger partial charge in [-0.15, -0.1) is 0 Å². The number of hydrogen-bond donors (Lipinski definition) is 1. The van der Waals surface area contributed by atoms with Crippen molar-refractivity contribution in [2.45, 2.75) is 206 Å². The van der Waals surface area contributed by atoms with E-state index in [0.717, 1.165) is 70.6 Å². The van der Waals surface area contributed by atoms with E-state index in [1.54, 1.807) is 0 Å². The third-order valence-electron chi connectivity index (χ3n) is 7.83. The fourth-order valence-corrected chi connectivity index (χ4v) is 5.30. The van der Waals surface area contributed by atoms with E-state index in [1.165, 1.54) is 103 Å². The maximum absolute atomic E-state index is 12.5. The number of carbonyl (C=O) groups is 2. The van der Waals surface area contributed by atoms with Crippen LogP contribution in [0.5, 0.6) is 0 Å². The topological polar surface area (TPSA) is 63.6 Å². The number of ether oxygens (including phenoxy) is 1. The number of rotatable bonds is 31. The summed E-state index contributed by atoms with van der Waals surface area (Å²) in [6.07, 6.45) is 34.1. The highest BCUT2D eigenvalue weighted by atomic mass is 16.5. The van der Waals surface area contributed by atoms with Gasteiger partial charge in [-0.2, -0.15) is 0 Å². The second-order valence-electron chi connectivity index (χ2n) is 11.7. The summed E-state index contributed by atoms with van der Waals surface area (Å²) in [6, 6.07) is 0. The molecule has 0 aliphatic carbocycles. The van der Waals surface area contributed by atoms with Crippen molar-refractivity contribution in [2.75, 3.05) is 0 Å². The molecule has 226 valence electrons. The summed E-state index contributed by atoms with van der Waals surface area (Å²) in [4.78, 5) is 23.1. The van der Waals surface area contributed by atoms with Crippen LogP contribution in [-0.4, -0.2) is 23.1 Å². The molecule has 0 radical (unpaired) electrons. The lowest BCUT2D eigenvalue weighted by Crippen LogP contribution is -2.18. The van der Waals surface area contributed by atoms with Gasteiger partial charge in [0, 0.05) is 12.8 Å². The lowest BCUT2D eigenvalue weighted by atomic mass is 10.0. The van der Waals surface area contributed by atoms with Gasteiger partial charge in [0.15, 0.2) is 0 Å². The van der Waals surface area contributed by atoms with Gasteiger partial charge in [0.25, 0.3) is 0 Å². The van der Waals surface area contributed by atoms with E-state index in [-0.39, 0.29) is 18.5 Å². The van der Waals surface area contributed by atoms with Crippen LogP contribution in [0, 0.1) is 0 Å². The molecule has 4 heteroatoms. The predicted octanol–water partition coefficient (Wildman–Crippen LogP) is 11.3. The largest absolute Gasteiger partial charge is 0.481 e. The van der Waals surface area contributed by atoms with Crippen LogP contribution in [-0.2, 0) is 14.3 Å². The van der Waals surface area contributed by atoms with Gasteiger partial charge in [0.05, 0.1) is 0 Å². The van der Waals surface area contributed by atoms with Gasteiger partial charge in [-0.1, -0.05) is 149 Å². The molecule has 1 unspecified atom stereocenters. The summed E-state index contributed by atoms with van der Waals surface area (Å²) in [5.74, 6) is -0.682. The first-order chi connectivity index (χ1) is 18.6. The van der Waals surface area contributed by atoms with Crippen LogP contribution in [0.4, 0.5) is 0 Å². The van der Waals surface area contributed by atoms with Gasteiger partial charge in [-0.05, 0) is 38.5 Å². The molecule has 0 aliphatic rings. The Morgan fingerprint density at radius 1 is 0.474 bits per heavy atom. The standard InChI is InChI=1S/C34H66O4/c1-3-5-7-9-10-11-12-13-14-15-16-17-23-27-31-34(37)38-32(28-24-20-8-6-4-2)29-25-21-18-19-22-26-30-33(35)36/h32H,3-31H2,1-2H3,(H,35,36). The van der Waals surface area contributed by atoms with Crippen molar-refractivity contribution in [3.05, 3.63) is 0 Å². The molecule has 0 bridgehead atoms. The molecule has 38 heavy (non-hydrogen) atoms. The highest BCUT2D eigenvalue weighted by molar-refractivity contribution is 5.69. The van der Waals surface area contributed by atoms with Crippen molar-refractivity contribution in [3.63, 3.8) is 0 Å². The second kappa shape index (κ2) is 30.5. The Balaban J connectivity index is 3.84. The number of carboxylic acids is 1. The molecule has 1 atom stereocenters. The summed E-state index contributed by atoms with van der Waals surface area (Å²) in [6.45, 7) is 4.52. The van der Waals surface area contributed by atoms with E-state index in [2.05, 4.69) is 13.8 Å². The minimum absolute atomic E-state index is 0.0103. The van der Waals surface area contributed by atoms with Crippen LogP contribution in [0.1, 0.15) is 200 Å². The molecular weight excluding hydrogens is 472 g/mol. The van der Waals surface area contributed by atoms with Crippen LogP contribution in [0.25, 0.3) is 0 Å². The number of carbonyl (C=O) groups excluding carboxylic acids is 1. The van der Waals surface area contributed by atoms with E-state index in [9.17, 15) is 9.59 Å². The van der Waals surface area contributed by atoms with E-state index in [0.29, 0.717) is 6.42 Å². The Morgan fingerprint density at radius 2 is 0.789 bits per heavy atom. The smallest absolute Gasteiger partial charge is 0.306 e. The molecule has 1 N–H and O–H groups in total. The first kappa shape index (κ1) is 36.9. The Hall–Kier alpha value is -1.06. The summed E-state index contributed by atoms with van der Waals surface area (Å²) < 4.78 is 5.94. The van der Waals surface area contributed by atoms with Crippen LogP contribution in [0.15, 0.2) is 0 Å². The fraction of sp³-hybridized carbons (Fsp3) is 0.941. The molecule has 0 aromatic heterocycles. The van der Waals surface area contributed by atoms with Gasteiger partial charge in [0.2, 0.25) is 0 Å². The summed E-state index contributed by atoms with van der Waals surface area (Å²) in [7, 11) is 0. The zero-order valence-electron chi connectivity index (χ0n) is 25.8. The van der Waals surface area contributed by atoms with E-state index >= 15 is 0 Å². The zero-order chi connectivity index (χ0) is 27.9. The lowest BCUT2D eigenvalue weighted by Gasteiger charge is -2.18. The SMILES string of the molecule is CCCCCCCCCCCCCCCCC(=O)OC(CCCCCCC)CCCCCCCCC(=O)O. The van der Waals surface area contributed by atoms with Gasteiger partial charge in [0.1, 0.15) is 6.10 Å². The maximum Gasteiger partial charge on any atom is 0.306 e. The predicted molar refractivity (Wildman–Crippen MR) is 163 cm³/mol. The molecule has 0 saturated carbocycles. The monoisotopic (exact) mass is 538 g/mol. The van der Waals surface area contributed by atoms with Crippen molar-refractivity contribution in [1.82, 2.24) is 0 Å². The first-order valence-electron chi connectivity index (χ1n) is 17.0. The number of aliphatic carboxylic acids is 1. The average Bonchev–Trinajstić information content (AvgIpc) is 2.89. The first-order valence-corrected chi connectivity index (χ1v) is 17.0. The highest BCUT2D eigenvalue weighted by Gasteiger charge is 2.14. The Kier molecular flexibility index (Phi) is 29.6. The van der Waals surface area contributed by atoms with Crippen LogP contribution in [0.2, 0.25) is 0 Å². The molecule has 0 fully saturated rings. The fourth-order valence-electron chi connectivity index (χ4n) is 5.30. The van der Waals surface area contributed by atoms with Gasteiger partial charge < -0.3 is 9.84 Å². The molecule has 0 amide bonds. The van der Waals surface area contributed by atoms with E-state index in [1.807, 2.05) is 0 Å². The van der Waals surface area contributed by atoms with Gasteiger partial charge in [-0.25, -0.2) is 0 Å². The average molecular weight is 539 g/mol. The Labute approximate surface area is 237 Å². The summed E-state index contributed by atoms with van der Waals surface area (Å²) in [5.41, 5.74) is 0. The third kappa shape index (κ3) is 29.5. The number of unbranched alkanes of at least 4 members (excludes halogenated alkanes) is 22. The molecule has 0 rings (SSSR count). The molecule has 0 spiro atoms. The number of hydrogen-bond acceptors (Lipinski definition) is 3. The van der Waals surface area contributed by atoms with Gasteiger partial charge >= 0.3 is 11.9 Å². The van der Waals surface area contributed by atoms with Crippen LogP contribution in [0.3, 0.4) is 0 Å². The molecule has 0 heterocycles. The minimum atomic E-state index is -0.692. The number of esters is 1. The summed E-state index contributed by atoms with van der Waals surface area (Å²) in [5, 5.41) is 8.72. The lowest BCUT2D eigenvalue weighted by molar-refractivity contribution is -0.150. The normalized spacial score (nSPS) is 12.1. The van der Waals surface area contributed by atoms with E-state index in [4.69, 9.17) is 9.84 Å². The molecule has 4 nitrogen and oxygen atoms in total. The maximum atomic E-state index is 12.5. The Bertz CT molecular complexity index is 505. The van der Waals surface area contributed by atoms with E-state index < -0.39 is 5.97 Å². The third-order valence-corrected chi connectivity index (χ3v) is 7.83. The molecule has 0 aliphatic heterocycles. The van der Waals surface area contributed by atoms with Crippen LogP contribution < -0.4 is 0 Å². The highest BCUT2D eigenvalue weighted by Crippen LogP contribution is 2.18. The van der Waals surface area contributed by atoms with Crippen molar-refractivity contribution < 1.29 is 19.4 Å². The van der Waals surface area contributed by atoms with Crippen molar-refractivity contribution >= 4 is 11.9 Å². The molecule has 0 aromatic rings. The molecule has 0 saturated heterocycles. The summed E-state index contributed by atoms with van der Waals surface area (Å²) >= 11 is 0. The van der Waals surface area contributed by atoms with Crippen molar-refractivity contribution in [1.29, 1.82) is 0 Å². The number of carboxylic acid groups (broad SMARTS) is 1. The second-order valence-corrected chi connectivity index (χ2v) is 11.7. The van der Waals surface area contributed by atoms with Crippen molar-refractivity contribution in [2.24, 2.45) is 0 Å².